The van der Waals surface area contributed by atoms with E-state index in [4.69, 9.17) is 5.26 Å². The van der Waals surface area contributed by atoms with E-state index in [0.717, 1.165) is 21.9 Å². The Labute approximate surface area is 154 Å². The number of aromatic nitrogens is 1. The summed E-state index contributed by atoms with van der Waals surface area (Å²) in [6, 6.07) is 16.9. The average molecular weight is 365 g/mol. The normalized spacial score (nSPS) is 10.2. The highest BCUT2D eigenvalue weighted by Gasteiger charge is 2.10. The van der Waals surface area contributed by atoms with Gasteiger partial charge in [-0.3, -0.25) is 10.1 Å². The third kappa shape index (κ3) is 4.27. The maximum absolute atomic E-state index is 12.4. The molecule has 124 valence electrons. The van der Waals surface area contributed by atoms with E-state index >= 15 is 0 Å². The van der Waals surface area contributed by atoms with Crippen molar-refractivity contribution in [3.63, 3.8) is 0 Å². The van der Waals surface area contributed by atoms with Crippen LogP contribution in [0.25, 0.3) is 11.3 Å². The van der Waals surface area contributed by atoms with Crippen LogP contribution in [0.4, 0.5) is 5.13 Å². The molecule has 0 radical (unpaired) electrons. The van der Waals surface area contributed by atoms with E-state index in [0.29, 0.717) is 16.3 Å². The summed E-state index contributed by atoms with van der Waals surface area (Å²) < 4.78 is 0. The molecule has 3 aromatic rings. The molecule has 0 aliphatic carbocycles. The van der Waals surface area contributed by atoms with Crippen LogP contribution in [0.15, 0.2) is 58.8 Å². The zero-order valence-electron chi connectivity index (χ0n) is 13.5. The molecule has 0 spiro atoms. The van der Waals surface area contributed by atoms with Crippen LogP contribution in [-0.4, -0.2) is 16.6 Å². The van der Waals surface area contributed by atoms with Crippen molar-refractivity contribution in [2.45, 2.75) is 11.8 Å². The van der Waals surface area contributed by atoms with Gasteiger partial charge in [-0.1, -0.05) is 25.1 Å². The summed E-state index contributed by atoms with van der Waals surface area (Å²) in [4.78, 5) is 17.9. The largest absolute Gasteiger partial charge is 0.298 e. The van der Waals surface area contributed by atoms with E-state index in [9.17, 15) is 4.79 Å². The van der Waals surface area contributed by atoms with Gasteiger partial charge in [0.1, 0.15) is 0 Å². The first-order valence-electron chi connectivity index (χ1n) is 7.70. The number of nitrogens with one attached hydrogen (secondary N) is 1. The first-order valence-corrected chi connectivity index (χ1v) is 9.56. The maximum atomic E-state index is 12.4. The van der Waals surface area contributed by atoms with Crippen molar-refractivity contribution in [1.29, 1.82) is 5.26 Å². The predicted octanol–water partition coefficient (Wildman–Crippen LogP) is 5.05. The van der Waals surface area contributed by atoms with Gasteiger partial charge >= 0.3 is 0 Å². The molecule has 0 atom stereocenters. The minimum Gasteiger partial charge on any atom is -0.298 e. The van der Waals surface area contributed by atoms with Crippen molar-refractivity contribution >= 4 is 34.1 Å². The van der Waals surface area contributed by atoms with Crippen molar-refractivity contribution in [2.24, 2.45) is 0 Å². The van der Waals surface area contributed by atoms with E-state index in [-0.39, 0.29) is 5.91 Å². The standard InChI is InChI=1S/C19H15N3OS2/c1-2-24-16-5-3-4-15(10-16)18(23)22-19-21-17(12-25-19)14-8-6-13(11-20)7-9-14/h3-10,12H,2H2,1H3,(H,21,22,23). The van der Waals surface area contributed by atoms with E-state index in [1.165, 1.54) is 11.3 Å². The molecule has 1 aromatic heterocycles. The number of rotatable bonds is 5. The summed E-state index contributed by atoms with van der Waals surface area (Å²) in [6.45, 7) is 2.08. The molecule has 0 fully saturated rings. The van der Waals surface area contributed by atoms with Crippen LogP contribution in [0, 0.1) is 11.3 Å². The number of hydrogen-bond acceptors (Lipinski definition) is 5. The predicted molar refractivity (Wildman–Crippen MR) is 103 cm³/mol. The molecule has 0 unspecified atom stereocenters. The molecule has 2 aromatic carbocycles. The summed E-state index contributed by atoms with van der Waals surface area (Å²) >= 11 is 3.08. The Morgan fingerprint density at radius 2 is 2.08 bits per heavy atom. The number of anilines is 1. The summed E-state index contributed by atoms with van der Waals surface area (Å²) in [5.74, 6) is 0.796. The molecule has 0 bridgehead atoms. The molecule has 1 N–H and O–H groups in total. The van der Waals surface area contributed by atoms with Crippen LogP contribution in [0.3, 0.4) is 0 Å². The third-order valence-corrected chi connectivity index (χ3v) is 5.08. The average Bonchev–Trinajstić information content (AvgIpc) is 3.11. The zero-order chi connectivity index (χ0) is 17.6. The minimum absolute atomic E-state index is 0.167. The van der Waals surface area contributed by atoms with Crippen molar-refractivity contribution in [1.82, 2.24) is 4.98 Å². The summed E-state index contributed by atoms with van der Waals surface area (Å²) in [5, 5.41) is 14.1. The maximum Gasteiger partial charge on any atom is 0.257 e. The topological polar surface area (TPSA) is 65.8 Å². The molecule has 0 saturated heterocycles. The lowest BCUT2D eigenvalue weighted by atomic mass is 10.1. The molecule has 6 heteroatoms. The van der Waals surface area contributed by atoms with Gasteiger partial charge in [-0.05, 0) is 36.1 Å². The van der Waals surface area contributed by atoms with Gasteiger partial charge in [-0.25, -0.2) is 4.98 Å². The first-order chi connectivity index (χ1) is 12.2. The van der Waals surface area contributed by atoms with E-state index in [1.54, 1.807) is 30.0 Å². The van der Waals surface area contributed by atoms with Gasteiger partial charge in [0.25, 0.3) is 5.91 Å². The van der Waals surface area contributed by atoms with Crippen LogP contribution in [0.1, 0.15) is 22.8 Å². The van der Waals surface area contributed by atoms with E-state index in [2.05, 4.69) is 23.3 Å². The Kier molecular flexibility index (Phi) is 5.49. The molecule has 0 aliphatic rings. The number of hydrogen-bond donors (Lipinski definition) is 1. The number of nitrogens with zero attached hydrogens (tertiary/aromatic N) is 2. The molecule has 1 amide bonds. The van der Waals surface area contributed by atoms with Crippen molar-refractivity contribution in [3.8, 4) is 17.3 Å². The quantitative estimate of drug-likeness (QED) is 0.643. The van der Waals surface area contributed by atoms with Gasteiger partial charge in [0.2, 0.25) is 0 Å². The number of thiazole rings is 1. The van der Waals surface area contributed by atoms with Gasteiger partial charge < -0.3 is 0 Å². The molecule has 1 heterocycles. The number of carbonyl (C=O) groups is 1. The van der Waals surface area contributed by atoms with Crippen LogP contribution >= 0.6 is 23.1 Å². The third-order valence-electron chi connectivity index (χ3n) is 3.44. The lowest BCUT2D eigenvalue weighted by Gasteiger charge is -2.04. The smallest absolute Gasteiger partial charge is 0.257 e. The fourth-order valence-corrected chi connectivity index (χ4v) is 3.68. The second kappa shape index (κ2) is 7.97. The van der Waals surface area contributed by atoms with Crippen LogP contribution in [0.5, 0.6) is 0 Å². The highest BCUT2D eigenvalue weighted by molar-refractivity contribution is 7.99. The van der Waals surface area contributed by atoms with E-state index < -0.39 is 0 Å². The number of carbonyl (C=O) groups excluding carboxylic acids is 1. The highest BCUT2D eigenvalue weighted by atomic mass is 32.2. The molecule has 0 saturated carbocycles. The van der Waals surface area contributed by atoms with Crippen LogP contribution < -0.4 is 5.32 Å². The van der Waals surface area contributed by atoms with Gasteiger partial charge in [0, 0.05) is 21.4 Å². The minimum atomic E-state index is -0.167. The molecule has 3 rings (SSSR count). The Bertz CT molecular complexity index is 926. The molecule has 25 heavy (non-hydrogen) atoms. The zero-order valence-corrected chi connectivity index (χ0v) is 15.2. The SMILES string of the molecule is CCSc1cccc(C(=O)Nc2nc(-c3ccc(C#N)cc3)cs2)c1. The molecule has 0 aliphatic heterocycles. The second-order valence-corrected chi connectivity index (χ2v) is 7.34. The van der Waals surface area contributed by atoms with Crippen molar-refractivity contribution < 1.29 is 4.79 Å². The van der Waals surface area contributed by atoms with E-state index in [1.807, 2.05) is 35.7 Å². The fourth-order valence-electron chi connectivity index (χ4n) is 2.24. The van der Waals surface area contributed by atoms with Gasteiger partial charge in [0.05, 0.1) is 17.3 Å². The number of nitriles is 1. The molecular weight excluding hydrogens is 350 g/mol. The molecular formula is C19H15N3OS2. The number of thioether (sulfide) groups is 1. The lowest BCUT2D eigenvalue weighted by Crippen LogP contribution is -2.11. The van der Waals surface area contributed by atoms with Gasteiger partial charge in [-0.2, -0.15) is 5.26 Å². The second-order valence-electron chi connectivity index (χ2n) is 5.14. The van der Waals surface area contributed by atoms with Crippen LogP contribution in [-0.2, 0) is 0 Å². The lowest BCUT2D eigenvalue weighted by molar-refractivity contribution is 0.102. The molecule has 4 nitrogen and oxygen atoms in total. The Hall–Kier alpha value is -2.62. The Balaban J connectivity index is 1.73. The highest BCUT2D eigenvalue weighted by Crippen LogP contribution is 2.26. The summed E-state index contributed by atoms with van der Waals surface area (Å²) in [5.41, 5.74) is 2.92. The van der Waals surface area contributed by atoms with Crippen molar-refractivity contribution in [2.75, 3.05) is 11.1 Å². The monoisotopic (exact) mass is 365 g/mol. The summed E-state index contributed by atoms with van der Waals surface area (Å²) in [6.07, 6.45) is 0. The number of amides is 1. The fraction of sp³-hybridized carbons (Fsp3) is 0.105. The van der Waals surface area contributed by atoms with Crippen LogP contribution in [0.2, 0.25) is 0 Å². The van der Waals surface area contributed by atoms with Crippen molar-refractivity contribution in [3.05, 3.63) is 65.0 Å². The number of benzene rings is 2. The Morgan fingerprint density at radius 1 is 1.28 bits per heavy atom. The first kappa shape index (κ1) is 17.2. The summed E-state index contributed by atoms with van der Waals surface area (Å²) in [7, 11) is 0. The van der Waals surface area contributed by atoms with Gasteiger partial charge in [0.15, 0.2) is 5.13 Å². The van der Waals surface area contributed by atoms with Gasteiger partial charge in [-0.15, -0.1) is 23.1 Å². The Morgan fingerprint density at radius 3 is 2.80 bits per heavy atom.